The van der Waals surface area contributed by atoms with Crippen molar-refractivity contribution in [1.29, 1.82) is 0 Å². The zero-order chi connectivity index (χ0) is 18.3. The summed E-state index contributed by atoms with van der Waals surface area (Å²) < 4.78 is 26.5. The Hall–Kier alpha value is -1.74. The molecule has 0 radical (unpaired) electrons. The Morgan fingerprint density at radius 2 is 1.92 bits per heavy atom. The van der Waals surface area contributed by atoms with Crippen molar-refractivity contribution in [1.82, 2.24) is 9.62 Å². The minimum Gasteiger partial charge on any atom is -0.325 e. The Labute approximate surface area is 152 Å². The monoisotopic (exact) mass is 381 g/mol. The van der Waals surface area contributed by atoms with E-state index in [2.05, 4.69) is 28.8 Å². The van der Waals surface area contributed by atoms with Crippen LogP contribution in [0.5, 0.6) is 0 Å². The average Bonchev–Trinajstić information content (AvgIpc) is 3.14. The number of sulfonamides is 1. The number of anilines is 1. The molecule has 2 rings (SSSR count). The number of nitrogens with zero attached hydrogens (tertiary/aromatic N) is 1. The number of benzene rings is 1. The van der Waals surface area contributed by atoms with Crippen LogP contribution in [0.2, 0.25) is 0 Å². The molecule has 0 saturated heterocycles. The zero-order valence-electron chi connectivity index (χ0n) is 14.4. The van der Waals surface area contributed by atoms with Crippen LogP contribution in [0.15, 0.2) is 46.0 Å². The molecular weight excluding hydrogens is 358 g/mol. The maximum Gasteiger partial charge on any atom is 0.250 e. The third-order valence-corrected chi connectivity index (χ3v) is 6.49. The highest BCUT2D eigenvalue weighted by molar-refractivity contribution is 7.91. The highest BCUT2D eigenvalue weighted by Gasteiger charge is 2.16. The molecule has 0 atom stereocenters. The van der Waals surface area contributed by atoms with E-state index >= 15 is 0 Å². The van der Waals surface area contributed by atoms with Crippen LogP contribution >= 0.6 is 11.3 Å². The highest BCUT2D eigenvalue weighted by Crippen LogP contribution is 2.15. The van der Waals surface area contributed by atoms with E-state index in [4.69, 9.17) is 0 Å². The highest BCUT2D eigenvalue weighted by atomic mass is 32.2. The van der Waals surface area contributed by atoms with E-state index in [9.17, 15) is 13.2 Å². The third kappa shape index (κ3) is 5.93. The quantitative estimate of drug-likeness (QED) is 0.700. The van der Waals surface area contributed by atoms with Crippen LogP contribution in [0.1, 0.15) is 19.4 Å². The molecule has 1 heterocycles. The van der Waals surface area contributed by atoms with Gasteiger partial charge in [-0.3, -0.25) is 9.69 Å². The SMILES string of the molecule is CCN(CC)Cc1cccc(NC(=O)CNS(=O)(=O)c2cccs2)c1. The van der Waals surface area contributed by atoms with Crippen molar-refractivity contribution >= 4 is 33.0 Å². The van der Waals surface area contributed by atoms with Gasteiger partial charge in [0.15, 0.2) is 0 Å². The van der Waals surface area contributed by atoms with E-state index in [1.165, 1.54) is 6.07 Å². The summed E-state index contributed by atoms with van der Waals surface area (Å²) in [5, 5.41) is 4.41. The molecule has 0 aliphatic heterocycles. The fourth-order valence-electron chi connectivity index (χ4n) is 2.31. The minimum absolute atomic E-state index is 0.196. The molecule has 0 bridgehead atoms. The molecule has 1 amide bonds. The number of amides is 1. The number of rotatable bonds is 9. The van der Waals surface area contributed by atoms with Crippen LogP contribution in [-0.2, 0) is 21.4 Å². The van der Waals surface area contributed by atoms with Crippen molar-refractivity contribution in [2.24, 2.45) is 0 Å². The topological polar surface area (TPSA) is 78.5 Å². The van der Waals surface area contributed by atoms with Crippen LogP contribution in [-0.4, -0.2) is 38.9 Å². The smallest absolute Gasteiger partial charge is 0.250 e. The lowest BCUT2D eigenvalue weighted by molar-refractivity contribution is -0.115. The van der Waals surface area contributed by atoms with Gasteiger partial charge in [-0.25, -0.2) is 13.1 Å². The summed E-state index contributed by atoms with van der Waals surface area (Å²) in [6.07, 6.45) is 0. The maximum atomic E-state index is 12.0. The largest absolute Gasteiger partial charge is 0.325 e. The van der Waals surface area contributed by atoms with E-state index in [0.29, 0.717) is 5.69 Å². The molecule has 0 fully saturated rings. The van der Waals surface area contributed by atoms with Gasteiger partial charge in [0.25, 0.3) is 10.0 Å². The molecule has 25 heavy (non-hydrogen) atoms. The first-order chi connectivity index (χ1) is 11.9. The van der Waals surface area contributed by atoms with Gasteiger partial charge in [-0.1, -0.05) is 32.0 Å². The Morgan fingerprint density at radius 3 is 2.56 bits per heavy atom. The number of carbonyl (C=O) groups is 1. The van der Waals surface area contributed by atoms with Crippen LogP contribution < -0.4 is 10.0 Å². The molecule has 0 unspecified atom stereocenters. The van der Waals surface area contributed by atoms with Gasteiger partial charge in [-0.05, 0) is 42.2 Å². The first kappa shape index (κ1) is 19.6. The van der Waals surface area contributed by atoms with Crippen LogP contribution in [0, 0.1) is 0 Å². The van der Waals surface area contributed by atoms with Gasteiger partial charge in [0, 0.05) is 12.2 Å². The fourth-order valence-corrected chi connectivity index (χ4v) is 4.33. The number of nitrogens with one attached hydrogen (secondary N) is 2. The molecule has 6 nitrogen and oxygen atoms in total. The molecule has 8 heteroatoms. The fraction of sp³-hybridized carbons (Fsp3) is 0.353. The summed E-state index contributed by atoms with van der Waals surface area (Å²) >= 11 is 1.11. The molecule has 0 spiro atoms. The Balaban J connectivity index is 1.92. The second-order valence-corrected chi connectivity index (χ2v) is 8.41. The Bertz CT molecular complexity index is 785. The zero-order valence-corrected chi connectivity index (χ0v) is 16.0. The first-order valence-corrected chi connectivity index (χ1v) is 10.4. The van der Waals surface area contributed by atoms with Crippen LogP contribution in [0.4, 0.5) is 5.69 Å². The van der Waals surface area contributed by atoms with Crippen molar-refractivity contribution in [2.75, 3.05) is 25.0 Å². The second-order valence-electron chi connectivity index (χ2n) is 5.47. The van der Waals surface area contributed by atoms with Gasteiger partial charge in [0.05, 0.1) is 6.54 Å². The van der Waals surface area contributed by atoms with E-state index in [1.54, 1.807) is 17.5 Å². The van der Waals surface area contributed by atoms with E-state index in [1.807, 2.05) is 18.2 Å². The van der Waals surface area contributed by atoms with Crippen molar-refractivity contribution in [3.05, 3.63) is 47.3 Å². The number of hydrogen-bond donors (Lipinski definition) is 2. The van der Waals surface area contributed by atoms with Gasteiger partial charge in [-0.2, -0.15) is 0 Å². The summed E-state index contributed by atoms with van der Waals surface area (Å²) in [5.74, 6) is -0.403. The molecule has 2 aromatic rings. The predicted molar refractivity (Wildman–Crippen MR) is 101 cm³/mol. The summed E-state index contributed by atoms with van der Waals surface area (Å²) in [7, 11) is -3.63. The van der Waals surface area contributed by atoms with Crippen molar-refractivity contribution in [2.45, 2.75) is 24.6 Å². The van der Waals surface area contributed by atoms with Crippen molar-refractivity contribution in [3.8, 4) is 0 Å². The summed E-state index contributed by atoms with van der Waals surface area (Å²) in [4.78, 5) is 14.3. The van der Waals surface area contributed by atoms with E-state index in [-0.39, 0.29) is 10.8 Å². The molecule has 136 valence electrons. The maximum absolute atomic E-state index is 12.0. The lowest BCUT2D eigenvalue weighted by Crippen LogP contribution is -2.32. The predicted octanol–water partition coefficient (Wildman–Crippen LogP) is 2.51. The molecule has 0 aliphatic rings. The van der Waals surface area contributed by atoms with Gasteiger partial charge in [0.1, 0.15) is 4.21 Å². The molecule has 2 N–H and O–H groups in total. The van der Waals surface area contributed by atoms with E-state index in [0.717, 1.165) is 36.5 Å². The van der Waals surface area contributed by atoms with Crippen molar-refractivity contribution < 1.29 is 13.2 Å². The number of thiophene rings is 1. The lowest BCUT2D eigenvalue weighted by Gasteiger charge is -2.18. The standard InChI is InChI=1S/C17H23N3O3S2/c1-3-20(4-2)13-14-7-5-8-15(11-14)19-16(21)12-18-25(22,23)17-9-6-10-24-17/h5-11,18H,3-4,12-13H2,1-2H3,(H,19,21). The summed E-state index contributed by atoms with van der Waals surface area (Å²) in [6, 6.07) is 10.7. The van der Waals surface area contributed by atoms with Gasteiger partial charge in [-0.15, -0.1) is 11.3 Å². The Morgan fingerprint density at radius 1 is 1.16 bits per heavy atom. The number of carbonyl (C=O) groups excluding carboxylic acids is 1. The molecule has 0 aliphatic carbocycles. The van der Waals surface area contributed by atoms with Crippen LogP contribution in [0.3, 0.4) is 0 Å². The Kier molecular flexibility index (Phi) is 7.12. The van der Waals surface area contributed by atoms with Gasteiger partial charge < -0.3 is 5.32 Å². The summed E-state index contributed by atoms with van der Waals surface area (Å²) in [5.41, 5.74) is 1.76. The van der Waals surface area contributed by atoms with Gasteiger partial charge >= 0.3 is 0 Å². The molecule has 0 saturated carbocycles. The number of hydrogen-bond acceptors (Lipinski definition) is 5. The van der Waals surface area contributed by atoms with Crippen molar-refractivity contribution in [3.63, 3.8) is 0 Å². The second kappa shape index (κ2) is 9.10. The molecule has 1 aromatic heterocycles. The lowest BCUT2D eigenvalue weighted by atomic mass is 10.2. The van der Waals surface area contributed by atoms with Gasteiger partial charge in [0.2, 0.25) is 5.91 Å². The van der Waals surface area contributed by atoms with Crippen LogP contribution in [0.25, 0.3) is 0 Å². The van der Waals surface area contributed by atoms with E-state index < -0.39 is 15.9 Å². The summed E-state index contributed by atoms with van der Waals surface area (Å²) in [6.45, 7) is 6.63. The normalized spacial score (nSPS) is 11.6. The average molecular weight is 382 g/mol. The molecular formula is C17H23N3O3S2. The minimum atomic E-state index is -3.63. The molecule has 1 aromatic carbocycles. The first-order valence-electron chi connectivity index (χ1n) is 8.09. The third-order valence-electron chi connectivity index (χ3n) is 3.69.